The second-order valence-corrected chi connectivity index (χ2v) is 6.63. The number of hydrogen-bond donors (Lipinski definition) is 0. The maximum Gasteiger partial charge on any atom is -0.0443 e. The Bertz CT molecular complexity index is 161. The van der Waals surface area contributed by atoms with Crippen LogP contribution in [0.3, 0.4) is 0 Å². The summed E-state index contributed by atoms with van der Waals surface area (Å²) in [6, 6.07) is 0. The molecule has 0 bridgehead atoms. The van der Waals surface area contributed by atoms with Crippen molar-refractivity contribution in [3.63, 3.8) is 0 Å². The molecular weight excluding hydrogens is 240 g/mol. The van der Waals surface area contributed by atoms with Crippen LogP contribution in [0.15, 0.2) is 0 Å². The van der Waals surface area contributed by atoms with Gasteiger partial charge in [-0.3, -0.25) is 0 Å². The molecule has 0 N–H and O–H groups in total. The highest BCUT2D eigenvalue weighted by Crippen LogP contribution is 2.18. The van der Waals surface area contributed by atoms with Gasteiger partial charge in [-0.25, -0.2) is 0 Å². The summed E-state index contributed by atoms with van der Waals surface area (Å²) in [6.07, 6.45) is 22.1. The minimum absolute atomic E-state index is 0.953. The molecule has 0 heteroatoms. The summed E-state index contributed by atoms with van der Waals surface area (Å²) in [5.74, 6) is 0.953. The Hall–Kier alpha value is 0. The van der Waals surface area contributed by atoms with Crippen LogP contribution in [0.25, 0.3) is 0 Å². The van der Waals surface area contributed by atoms with Gasteiger partial charge in [0.05, 0.1) is 0 Å². The molecule has 0 saturated heterocycles. The molecular formula is C20H40. The molecule has 0 aromatic heterocycles. The van der Waals surface area contributed by atoms with E-state index in [1.165, 1.54) is 89.9 Å². The average molecular weight is 281 g/mol. The molecule has 1 atom stereocenters. The van der Waals surface area contributed by atoms with Crippen molar-refractivity contribution in [1.29, 1.82) is 0 Å². The van der Waals surface area contributed by atoms with Gasteiger partial charge in [-0.2, -0.15) is 0 Å². The van der Waals surface area contributed by atoms with E-state index in [0.29, 0.717) is 0 Å². The van der Waals surface area contributed by atoms with Crippen molar-refractivity contribution in [2.24, 2.45) is 5.92 Å². The van der Waals surface area contributed by atoms with Crippen LogP contribution in [-0.4, -0.2) is 0 Å². The first-order valence-corrected chi connectivity index (χ1v) is 9.39. The van der Waals surface area contributed by atoms with Gasteiger partial charge in [0.15, 0.2) is 0 Å². The van der Waals surface area contributed by atoms with Crippen molar-refractivity contribution in [1.82, 2.24) is 0 Å². The normalized spacial score (nSPS) is 12.8. The fourth-order valence-electron chi connectivity index (χ4n) is 2.90. The number of hydrogen-bond acceptors (Lipinski definition) is 0. The van der Waals surface area contributed by atoms with E-state index >= 15 is 0 Å². The first-order chi connectivity index (χ1) is 9.81. The molecule has 2 radical (unpaired) electrons. The monoisotopic (exact) mass is 280 g/mol. The average Bonchev–Trinajstić information content (AvgIpc) is 2.45. The third-order valence-electron chi connectivity index (χ3n) is 4.39. The van der Waals surface area contributed by atoms with Crippen molar-refractivity contribution >= 4 is 0 Å². The third kappa shape index (κ3) is 16.1. The van der Waals surface area contributed by atoms with E-state index in [9.17, 15) is 0 Å². The van der Waals surface area contributed by atoms with Crippen LogP contribution in [0, 0.1) is 19.8 Å². The van der Waals surface area contributed by atoms with Gasteiger partial charge in [0.2, 0.25) is 0 Å². The van der Waals surface area contributed by atoms with E-state index in [4.69, 9.17) is 0 Å². The lowest BCUT2D eigenvalue weighted by molar-refractivity contribution is 0.431. The van der Waals surface area contributed by atoms with Crippen molar-refractivity contribution in [2.45, 2.75) is 110 Å². The maximum atomic E-state index is 3.90. The molecule has 0 heterocycles. The third-order valence-corrected chi connectivity index (χ3v) is 4.39. The van der Waals surface area contributed by atoms with E-state index in [1.54, 1.807) is 0 Å². The van der Waals surface area contributed by atoms with E-state index in [2.05, 4.69) is 20.8 Å². The summed E-state index contributed by atoms with van der Waals surface area (Å²) in [4.78, 5) is 0. The molecule has 0 fully saturated rings. The molecule has 0 saturated carbocycles. The largest absolute Gasteiger partial charge is 0.0625 e. The predicted molar refractivity (Wildman–Crippen MR) is 93.8 cm³/mol. The minimum Gasteiger partial charge on any atom is -0.0625 e. The summed E-state index contributed by atoms with van der Waals surface area (Å²) in [6.45, 7) is 10.2. The fourth-order valence-corrected chi connectivity index (χ4v) is 2.90. The molecule has 20 heavy (non-hydrogen) atoms. The molecule has 0 aliphatic heterocycles. The van der Waals surface area contributed by atoms with Gasteiger partial charge in [-0.05, 0) is 5.92 Å². The molecule has 0 amide bonds. The second kappa shape index (κ2) is 17.1. The topological polar surface area (TPSA) is 0 Å². The molecule has 120 valence electrons. The van der Waals surface area contributed by atoms with Gasteiger partial charge in [0, 0.05) is 0 Å². The van der Waals surface area contributed by atoms with Crippen LogP contribution in [0.2, 0.25) is 0 Å². The van der Waals surface area contributed by atoms with E-state index in [-0.39, 0.29) is 0 Å². The Morgan fingerprint density at radius 2 is 0.800 bits per heavy atom. The number of unbranched alkanes of at least 4 members (excludes halogenated alkanes) is 12. The standard InChI is InChI=1S/C20H40/c1-4-6-8-10-12-13-15-17-19-20(3)18-16-14-11-9-7-5-2/h20H,1-2,4-19H2,3H3. The fraction of sp³-hybridized carbons (Fsp3) is 0.900. The van der Waals surface area contributed by atoms with Crippen LogP contribution in [-0.2, 0) is 0 Å². The minimum atomic E-state index is 0.953. The zero-order valence-electron chi connectivity index (χ0n) is 14.3. The summed E-state index contributed by atoms with van der Waals surface area (Å²) in [5, 5.41) is 0. The van der Waals surface area contributed by atoms with Crippen LogP contribution >= 0.6 is 0 Å². The summed E-state index contributed by atoms with van der Waals surface area (Å²) < 4.78 is 0. The highest BCUT2D eigenvalue weighted by molar-refractivity contribution is 4.56. The molecule has 0 nitrogen and oxygen atoms in total. The number of rotatable bonds is 16. The first kappa shape index (κ1) is 20.0. The molecule has 0 aromatic carbocycles. The maximum absolute atomic E-state index is 3.90. The molecule has 1 unspecified atom stereocenters. The SMILES string of the molecule is [CH2]CCCCCCCCCC(C)CCCCCCC[CH2]. The van der Waals surface area contributed by atoms with E-state index < -0.39 is 0 Å². The molecule has 0 aliphatic carbocycles. The lowest BCUT2D eigenvalue weighted by Crippen LogP contribution is -1.95. The summed E-state index contributed by atoms with van der Waals surface area (Å²) >= 11 is 0. The summed E-state index contributed by atoms with van der Waals surface area (Å²) in [7, 11) is 0. The van der Waals surface area contributed by atoms with Crippen LogP contribution in [0.5, 0.6) is 0 Å². The molecule has 0 aromatic rings. The van der Waals surface area contributed by atoms with Crippen molar-refractivity contribution in [3.8, 4) is 0 Å². The van der Waals surface area contributed by atoms with Gasteiger partial charge in [-0.1, -0.05) is 124 Å². The van der Waals surface area contributed by atoms with Crippen LogP contribution in [0.4, 0.5) is 0 Å². The van der Waals surface area contributed by atoms with E-state index in [0.717, 1.165) is 18.8 Å². The second-order valence-electron chi connectivity index (χ2n) is 6.63. The van der Waals surface area contributed by atoms with Gasteiger partial charge in [0.1, 0.15) is 0 Å². The lowest BCUT2D eigenvalue weighted by Gasteiger charge is -2.11. The van der Waals surface area contributed by atoms with Gasteiger partial charge in [0.25, 0.3) is 0 Å². The first-order valence-electron chi connectivity index (χ1n) is 9.39. The summed E-state index contributed by atoms with van der Waals surface area (Å²) in [5.41, 5.74) is 0. The van der Waals surface area contributed by atoms with E-state index in [1.807, 2.05) is 0 Å². The van der Waals surface area contributed by atoms with Crippen molar-refractivity contribution in [2.75, 3.05) is 0 Å². The molecule has 0 aliphatic rings. The highest BCUT2D eigenvalue weighted by Gasteiger charge is 2.02. The predicted octanol–water partition coefficient (Wildman–Crippen LogP) is 7.53. The van der Waals surface area contributed by atoms with Crippen LogP contribution < -0.4 is 0 Å². The Kier molecular flexibility index (Phi) is 17.1. The quantitative estimate of drug-likeness (QED) is 0.256. The zero-order valence-corrected chi connectivity index (χ0v) is 14.3. The highest BCUT2D eigenvalue weighted by atomic mass is 14.1. The molecule has 0 spiro atoms. The smallest absolute Gasteiger partial charge is 0.0443 e. The van der Waals surface area contributed by atoms with Gasteiger partial charge in [-0.15, -0.1) is 0 Å². The Morgan fingerprint density at radius 3 is 1.15 bits per heavy atom. The Morgan fingerprint density at radius 1 is 0.500 bits per heavy atom. The van der Waals surface area contributed by atoms with Crippen LogP contribution in [0.1, 0.15) is 110 Å². The lowest BCUT2D eigenvalue weighted by atomic mass is 9.96. The van der Waals surface area contributed by atoms with Gasteiger partial charge >= 0.3 is 0 Å². The molecule has 0 rings (SSSR count). The van der Waals surface area contributed by atoms with Gasteiger partial charge < -0.3 is 0 Å². The zero-order chi connectivity index (χ0) is 14.9. The Labute approximate surface area is 130 Å². The Balaban J connectivity index is 3.10. The van der Waals surface area contributed by atoms with Crippen molar-refractivity contribution < 1.29 is 0 Å². The van der Waals surface area contributed by atoms with Crippen molar-refractivity contribution in [3.05, 3.63) is 13.8 Å².